The predicted molar refractivity (Wildman–Crippen MR) is 151 cm³/mol. The van der Waals surface area contributed by atoms with E-state index in [2.05, 4.69) is 56.3 Å². The lowest BCUT2D eigenvalue weighted by Gasteiger charge is -2.21. The maximum Gasteiger partial charge on any atom is 0.284 e. The van der Waals surface area contributed by atoms with E-state index in [0.29, 0.717) is 27.8 Å². The first-order chi connectivity index (χ1) is 18.6. The summed E-state index contributed by atoms with van der Waals surface area (Å²) in [6, 6.07) is 14.2. The number of benzene rings is 2. The van der Waals surface area contributed by atoms with Gasteiger partial charge in [-0.3, -0.25) is 4.79 Å². The number of hydrogen-bond donors (Lipinski definition) is 1. The molecule has 0 bridgehead atoms. The number of para-hydroxylation sites is 1. The minimum atomic E-state index is -0.238. The number of likely N-dealkylation sites (N-methyl/N-ethyl adjacent to an activating group) is 1. The van der Waals surface area contributed by atoms with E-state index < -0.39 is 0 Å². The van der Waals surface area contributed by atoms with Gasteiger partial charge in [0.2, 0.25) is 11.1 Å². The molecule has 0 spiro atoms. The van der Waals surface area contributed by atoms with E-state index in [1.165, 1.54) is 22.6 Å². The van der Waals surface area contributed by atoms with Crippen molar-refractivity contribution in [3.05, 3.63) is 76.2 Å². The Morgan fingerprint density at radius 2 is 1.97 bits per heavy atom. The van der Waals surface area contributed by atoms with Crippen molar-refractivity contribution in [3.63, 3.8) is 0 Å². The zero-order valence-corrected chi connectivity index (χ0v) is 21.8. The standard InChI is InChI=1S/C27H25N9OS/c1-33(2)12-13-34-11-9-17-15-18(7-8-21(17)34)30-26-29-16-20-23(32-26)31-24-19-5-3-4-6-22(19)35(36(24)25(20)37)27-28-10-14-38-27/h3-8,10,14-16H,9,11-13H2,1-2H3,(H,29,30,32). The minimum Gasteiger partial charge on any atom is -0.370 e. The number of nitrogens with one attached hydrogen (secondary N) is 1. The first-order valence-corrected chi connectivity index (χ1v) is 13.3. The number of nitrogens with zero attached hydrogens (tertiary/aromatic N) is 8. The molecule has 0 unspecified atom stereocenters. The Bertz CT molecular complexity index is 1870. The first kappa shape index (κ1) is 22.8. The van der Waals surface area contributed by atoms with Crippen LogP contribution >= 0.6 is 11.3 Å². The third-order valence-corrected chi connectivity index (χ3v) is 7.67. The number of fused-ring (bicyclic) bond motifs is 5. The molecule has 11 heteroatoms. The smallest absolute Gasteiger partial charge is 0.284 e. The molecule has 38 heavy (non-hydrogen) atoms. The monoisotopic (exact) mass is 523 g/mol. The normalized spacial score (nSPS) is 13.3. The zero-order valence-electron chi connectivity index (χ0n) is 21.0. The SMILES string of the molecule is CN(C)CCN1CCc2cc(Nc3ncc4c(=O)n5c(nc4n3)c3ccccc3n5-c3nccs3)ccc21. The third kappa shape index (κ3) is 3.70. The van der Waals surface area contributed by atoms with E-state index in [-0.39, 0.29) is 5.56 Å². The first-order valence-electron chi connectivity index (χ1n) is 12.5. The molecule has 4 aromatic heterocycles. The summed E-state index contributed by atoms with van der Waals surface area (Å²) in [5.74, 6) is 0.403. The van der Waals surface area contributed by atoms with Gasteiger partial charge >= 0.3 is 0 Å². The number of rotatable bonds is 6. The minimum absolute atomic E-state index is 0.238. The summed E-state index contributed by atoms with van der Waals surface area (Å²) in [6.45, 7) is 3.06. The van der Waals surface area contributed by atoms with Gasteiger partial charge in [-0.2, -0.15) is 9.50 Å². The summed E-state index contributed by atoms with van der Waals surface area (Å²) in [6.07, 6.45) is 4.28. The van der Waals surface area contributed by atoms with Crippen LogP contribution in [0.2, 0.25) is 0 Å². The van der Waals surface area contributed by atoms with E-state index in [1.54, 1.807) is 16.9 Å². The van der Waals surface area contributed by atoms with Gasteiger partial charge < -0.3 is 15.1 Å². The highest BCUT2D eigenvalue weighted by Crippen LogP contribution is 2.31. The van der Waals surface area contributed by atoms with Crippen LogP contribution < -0.4 is 15.8 Å². The Balaban J connectivity index is 1.27. The molecule has 190 valence electrons. The second-order valence-corrected chi connectivity index (χ2v) is 10.5. The molecular formula is C27H25N9OS. The van der Waals surface area contributed by atoms with Crippen molar-refractivity contribution in [2.45, 2.75) is 6.42 Å². The summed E-state index contributed by atoms with van der Waals surface area (Å²) in [4.78, 5) is 36.6. The van der Waals surface area contributed by atoms with E-state index in [0.717, 1.165) is 42.6 Å². The number of thiazole rings is 1. The van der Waals surface area contributed by atoms with Crippen molar-refractivity contribution in [1.82, 2.24) is 34.0 Å². The zero-order chi connectivity index (χ0) is 25.8. The maximum absolute atomic E-state index is 13.7. The van der Waals surface area contributed by atoms with Gasteiger partial charge in [0, 0.05) is 54.2 Å². The number of aromatic nitrogens is 6. The maximum atomic E-state index is 13.7. The Hall–Kier alpha value is -4.35. The molecule has 0 aliphatic carbocycles. The van der Waals surface area contributed by atoms with E-state index in [1.807, 2.05) is 40.4 Å². The van der Waals surface area contributed by atoms with Gasteiger partial charge in [-0.25, -0.2) is 19.6 Å². The van der Waals surface area contributed by atoms with Crippen molar-refractivity contribution >= 4 is 56.2 Å². The highest BCUT2D eigenvalue weighted by Gasteiger charge is 2.21. The molecule has 1 aliphatic heterocycles. The summed E-state index contributed by atoms with van der Waals surface area (Å²) >= 11 is 1.46. The highest BCUT2D eigenvalue weighted by molar-refractivity contribution is 7.12. The molecule has 7 rings (SSSR count). The lowest BCUT2D eigenvalue weighted by molar-refractivity contribution is 0.414. The van der Waals surface area contributed by atoms with Crippen LogP contribution in [0.3, 0.4) is 0 Å². The quantitative estimate of drug-likeness (QED) is 0.353. The molecule has 0 radical (unpaired) electrons. The second-order valence-electron chi connectivity index (χ2n) is 9.64. The van der Waals surface area contributed by atoms with E-state index in [4.69, 9.17) is 4.98 Å². The van der Waals surface area contributed by atoms with E-state index >= 15 is 0 Å². The largest absolute Gasteiger partial charge is 0.370 e. The molecule has 6 aromatic rings. The van der Waals surface area contributed by atoms with Gasteiger partial charge in [0.05, 0.1) is 5.52 Å². The van der Waals surface area contributed by atoms with Crippen molar-refractivity contribution in [2.75, 3.05) is 43.9 Å². The van der Waals surface area contributed by atoms with Crippen LogP contribution in [0, 0.1) is 0 Å². The summed E-state index contributed by atoms with van der Waals surface area (Å²) in [5, 5.41) is 7.09. The van der Waals surface area contributed by atoms with Gasteiger partial charge in [-0.1, -0.05) is 12.1 Å². The molecule has 0 amide bonds. The Morgan fingerprint density at radius 3 is 2.82 bits per heavy atom. The van der Waals surface area contributed by atoms with Crippen molar-refractivity contribution in [2.24, 2.45) is 0 Å². The van der Waals surface area contributed by atoms with Crippen molar-refractivity contribution in [1.29, 1.82) is 0 Å². The van der Waals surface area contributed by atoms with Crippen LogP contribution in [-0.4, -0.2) is 67.8 Å². The average Bonchev–Trinajstić information content (AvgIpc) is 3.65. The topological polar surface area (TPSA) is 96.5 Å². The van der Waals surface area contributed by atoms with Crippen molar-refractivity contribution in [3.8, 4) is 5.13 Å². The van der Waals surface area contributed by atoms with E-state index in [9.17, 15) is 4.79 Å². The molecule has 1 N–H and O–H groups in total. The lowest BCUT2D eigenvalue weighted by atomic mass is 10.1. The third-order valence-electron chi connectivity index (χ3n) is 6.92. The lowest BCUT2D eigenvalue weighted by Crippen LogP contribution is -2.30. The van der Waals surface area contributed by atoms with Gasteiger partial charge in [-0.05, 0) is 56.4 Å². The van der Waals surface area contributed by atoms with Gasteiger partial charge in [0.1, 0.15) is 5.39 Å². The average molecular weight is 524 g/mol. The Morgan fingerprint density at radius 1 is 1.08 bits per heavy atom. The van der Waals surface area contributed by atoms with Gasteiger partial charge in [-0.15, -0.1) is 11.3 Å². The molecule has 0 fully saturated rings. The van der Waals surface area contributed by atoms with Gasteiger partial charge in [0.15, 0.2) is 11.3 Å². The fourth-order valence-electron chi connectivity index (χ4n) is 5.08. The molecule has 0 saturated carbocycles. The summed E-state index contributed by atoms with van der Waals surface area (Å²) in [7, 11) is 4.20. The summed E-state index contributed by atoms with van der Waals surface area (Å²) in [5.41, 5.74) is 5.01. The van der Waals surface area contributed by atoms with Crippen LogP contribution in [0.4, 0.5) is 17.3 Å². The molecule has 2 aromatic carbocycles. The number of hydrogen-bond acceptors (Lipinski definition) is 9. The van der Waals surface area contributed by atoms with Crippen LogP contribution in [0.15, 0.2) is 65.0 Å². The fraction of sp³-hybridized carbons (Fsp3) is 0.222. The van der Waals surface area contributed by atoms with Crippen LogP contribution in [0.25, 0.3) is 32.7 Å². The molecule has 1 aliphatic rings. The van der Waals surface area contributed by atoms with Crippen LogP contribution in [0.1, 0.15) is 5.56 Å². The van der Waals surface area contributed by atoms with Gasteiger partial charge in [0.25, 0.3) is 5.56 Å². The second kappa shape index (κ2) is 8.89. The molecule has 0 saturated heterocycles. The van der Waals surface area contributed by atoms with Crippen molar-refractivity contribution < 1.29 is 0 Å². The highest BCUT2D eigenvalue weighted by atomic mass is 32.1. The molecule has 0 atom stereocenters. The Kier molecular flexibility index (Phi) is 5.34. The fourth-order valence-corrected chi connectivity index (χ4v) is 5.73. The molecule has 5 heterocycles. The molecular weight excluding hydrogens is 498 g/mol. The predicted octanol–water partition coefficient (Wildman–Crippen LogP) is 3.71. The van der Waals surface area contributed by atoms with Crippen LogP contribution in [0.5, 0.6) is 0 Å². The summed E-state index contributed by atoms with van der Waals surface area (Å²) < 4.78 is 3.37. The van der Waals surface area contributed by atoms with Crippen LogP contribution in [-0.2, 0) is 6.42 Å². The molecule has 10 nitrogen and oxygen atoms in total. The number of anilines is 3. The Labute approximate surface area is 221 Å².